The van der Waals surface area contributed by atoms with Gasteiger partial charge in [-0.3, -0.25) is 0 Å². The second kappa shape index (κ2) is 5.31. The van der Waals surface area contributed by atoms with Crippen molar-refractivity contribution in [1.82, 2.24) is 4.98 Å². The monoisotopic (exact) mass is 285 g/mol. The van der Waals surface area contributed by atoms with Crippen molar-refractivity contribution in [2.45, 2.75) is 6.92 Å². The van der Waals surface area contributed by atoms with E-state index in [4.69, 9.17) is 9.84 Å². The summed E-state index contributed by atoms with van der Waals surface area (Å²) in [6, 6.07) is 2.24. The van der Waals surface area contributed by atoms with Gasteiger partial charge in [-0.15, -0.1) is 11.3 Å². The van der Waals surface area contributed by atoms with E-state index in [1.807, 2.05) is 0 Å². The number of aromatic nitrogens is 1. The largest absolute Gasteiger partial charge is 0.491 e. The highest BCUT2D eigenvalue weighted by atomic mass is 32.1. The van der Waals surface area contributed by atoms with Gasteiger partial charge in [-0.25, -0.2) is 18.6 Å². The van der Waals surface area contributed by atoms with Crippen molar-refractivity contribution in [2.24, 2.45) is 0 Å². The Morgan fingerprint density at radius 3 is 2.79 bits per heavy atom. The maximum atomic E-state index is 14.1. The molecular weight excluding hydrogens is 276 g/mol. The number of hydrogen-bond acceptors (Lipinski definition) is 4. The molecule has 0 aliphatic rings. The average molecular weight is 285 g/mol. The molecule has 0 spiro atoms. The Morgan fingerprint density at radius 2 is 2.21 bits per heavy atom. The highest BCUT2D eigenvalue weighted by Crippen LogP contribution is 2.33. The van der Waals surface area contributed by atoms with Crippen molar-refractivity contribution in [3.63, 3.8) is 0 Å². The summed E-state index contributed by atoms with van der Waals surface area (Å²) < 4.78 is 32.8. The van der Waals surface area contributed by atoms with Crippen molar-refractivity contribution < 1.29 is 23.4 Å². The highest BCUT2D eigenvalue weighted by Gasteiger charge is 2.20. The van der Waals surface area contributed by atoms with Gasteiger partial charge < -0.3 is 9.84 Å². The van der Waals surface area contributed by atoms with E-state index in [0.717, 1.165) is 17.4 Å². The van der Waals surface area contributed by atoms with Crippen LogP contribution in [0.1, 0.15) is 17.4 Å². The smallest absolute Gasteiger partial charge is 0.355 e. The molecule has 0 bridgehead atoms. The molecular formula is C12H9F2NO3S. The lowest BCUT2D eigenvalue weighted by molar-refractivity contribution is 0.0691. The normalized spacial score (nSPS) is 10.5. The summed E-state index contributed by atoms with van der Waals surface area (Å²) in [5, 5.41) is 9.95. The summed E-state index contributed by atoms with van der Waals surface area (Å²) in [4.78, 5) is 14.4. The highest BCUT2D eigenvalue weighted by molar-refractivity contribution is 7.13. The Morgan fingerprint density at radius 1 is 1.47 bits per heavy atom. The van der Waals surface area contributed by atoms with Gasteiger partial charge in [0.15, 0.2) is 17.3 Å². The fraction of sp³-hybridized carbons (Fsp3) is 0.167. The van der Waals surface area contributed by atoms with E-state index >= 15 is 0 Å². The van der Waals surface area contributed by atoms with E-state index in [2.05, 4.69) is 4.98 Å². The van der Waals surface area contributed by atoms with Crippen molar-refractivity contribution in [2.75, 3.05) is 6.61 Å². The van der Waals surface area contributed by atoms with Gasteiger partial charge in [0.25, 0.3) is 0 Å². The van der Waals surface area contributed by atoms with Gasteiger partial charge in [-0.05, 0) is 19.1 Å². The molecule has 0 saturated heterocycles. The second-order valence-electron chi connectivity index (χ2n) is 3.51. The van der Waals surface area contributed by atoms with Gasteiger partial charge in [0.2, 0.25) is 0 Å². The molecule has 1 aromatic heterocycles. The minimum atomic E-state index is -1.25. The molecule has 0 atom stereocenters. The third kappa shape index (κ3) is 2.55. The molecule has 4 nitrogen and oxygen atoms in total. The van der Waals surface area contributed by atoms with Crippen LogP contribution in [0.3, 0.4) is 0 Å². The molecule has 1 aromatic carbocycles. The van der Waals surface area contributed by atoms with Gasteiger partial charge >= 0.3 is 5.97 Å². The number of benzene rings is 1. The minimum absolute atomic E-state index is 0.0334. The Hall–Kier alpha value is -2.02. The number of rotatable bonds is 4. The molecule has 1 heterocycles. The Kier molecular flexibility index (Phi) is 3.75. The summed E-state index contributed by atoms with van der Waals surface area (Å²) in [5.41, 5.74) is -0.621. The molecule has 2 rings (SSSR count). The quantitative estimate of drug-likeness (QED) is 0.937. The average Bonchev–Trinajstić information content (AvgIpc) is 2.83. The van der Waals surface area contributed by atoms with Crippen molar-refractivity contribution >= 4 is 17.3 Å². The van der Waals surface area contributed by atoms with Crippen LogP contribution in [0.4, 0.5) is 8.78 Å². The molecule has 0 unspecified atom stereocenters. The predicted octanol–water partition coefficient (Wildman–Crippen LogP) is 3.19. The number of carboxylic acid groups (broad SMARTS) is 1. The van der Waals surface area contributed by atoms with Crippen LogP contribution in [0.15, 0.2) is 17.5 Å². The van der Waals surface area contributed by atoms with E-state index in [-0.39, 0.29) is 28.6 Å². The van der Waals surface area contributed by atoms with Gasteiger partial charge in [0, 0.05) is 5.38 Å². The van der Waals surface area contributed by atoms with Crippen LogP contribution in [0.2, 0.25) is 0 Å². The number of carbonyl (C=O) groups is 1. The first-order valence-electron chi connectivity index (χ1n) is 5.34. The molecule has 7 heteroatoms. The zero-order chi connectivity index (χ0) is 14.0. The van der Waals surface area contributed by atoms with Crippen LogP contribution >= 0.6 is 11.3 Å². The van der Waals surface area contributed by atoms with Crippen molar-refractivity contribution in [3.8, 4) is 16.3 Å². The van der Waals surface area contributed by atoms with E-state index in [9.17, 15) is 13.6 Å². The molecule has 2 aromatic rings. The van der Waals surface area contributed by atoms with Crippen LogP contribution in [-0.4, -0.2) is 22.7 Å². The zero-order valence-corrected chi connectivity index (χ0v) is 10.6. The molecule has 0 fully saturated rings. The molecule has 0 amide bonds. The number of carboxylic acids is 1. The van der Waals surface area contributed by atoms with E-state index in [1.54, 1.807) is 6.92 Å². The number of hydrogen-bond donors (Lipinski definition) is 1. The van der Waals surface area contributed by atoms with Crippen molar-refractivity contribution in [1.29, 1.82) is 0 Å². The third-order valence-electron chi connectivity index (χ3n) is 2.29. The first-order valence-corrected chi connectivity index (χ1v) is 6.22. The summed E-state index contributed by atoms with van der Waals surface area (Å²) in [6.07, 6.45) is 0. The van der Waals surface area contributed by atoms with Crippen LogP contribution in [0.5, 0.6) is 5.75 Å². The first kappa shape index (κ1) is 13.4. The second-order valence-corrected chi connectivity index (χ2v) is 4.37. The maximum absolute atomic E-state index is 14.1. The fourth-order valence-corrected chi connectivity index (χ4v) is 2.32. The number of aromatic carboxylic acids is 1. The standard InChI is InChI=1S/C12H9F2NO3S/c1-2-18-8-4-3-6(13)9(10(8)14)11-15-7(5-19-11)12(16)17/h3-5H,2H2,1H3,(H,16,17). The first-order chi connectivity index (χ1) is 9.04. The Balaban J connectivity index is 2.53. The van der Waals surface area contributed by atoms with Gasteiger partial charge in [0.05, 0.1) is 12.2 Å². The zero-order valence-electron chi connectivity index (χ0n) is 9.81. The Bertz CT molecular complexity index is 627. The van der Waals surface area contributed by atoms with Gasteiger partial charge in [-0.1, -0.05) is 0 Å². The summed E-state index contributed by atoms with van der Waals surface area (Å²) in [7, 11) is 0. The van der Waals surface area contributed by atoms with E-state index in [0.29, 0.717) is 0 Å². The third-order valence-corrected chi connectivity index (χ3v) is 3.15. The van der Waals surface area contributed by atoms with E-state index < -0.39 is 17.6 Å². The number of thiazole rings is 1. The lowest BCUT2D eigenvalue weighted by Gasteiger charge is -2.08. The molecule has 19 heavy (non-hydrogen) atoms. The lowest BCUT2D eigenvalue weighted by Crippen LogP contribution is -1.99. The molecule has 100 valence electrons. The number of halogens is 2. The van der Waals surface area contributed by atoms with Crippen molar-refractivity contribution in [3.05, 3.63) is 34.8 Å². The van der Waals surface area contributed by atoms with Gasteiger partial charge in [0.1, 0.15) is 10.8 Å². The van der Waals surface area contributed by atoms with Crippen LogP contribution in [0.25, 0.3) is 10.6 Å². The van der Waals surface area contributed by atoms with Crippen LogP contribution < -0.4 is 4.74 Å². The summed E-state index contributed by atoms with van der Waals surface area (Å²) in [6.45, 7) is 1.91. The van der Waals surface area contributed by atoms with Crippen LogP contribution in [0, 0.1) is 11.6 Å². The van der Waals surface area contributed by atoms with E-state index in [1.165, 1.54) is 11.4 Å². The fourth-order valence-electron chi connectivity index (χ4n) is 1.48. The molecule has 1 N–H and O–H groups in total. The number of ether oxygens (including phenoxy) is 1. The molecule has 0 radical (unpaired) electrons. The Labute approximate surface area is 111 Å². The lowest BCUT2D eigenvalue weighted by atomic mass is 10.2. The molecule has 0 saturated carbocycles. The molecule has 0 aliphatic heterocycles. The summed E-state index contributed by atoms with van der Waals surface area (Å²) in [5.74, 6) is -3.03. The number of nitrogens with zero attached hydrogens (tertiary/aromatic N) is 1. The van der Waals surface area contributed by atoms with Crippen LogP contribution in [-0.2, 0) is 0 Å². The van der Waals surface area contributed by atoms with Gasteiger partial charge in [-0.2, -0.15) is 0 Å². The topological polar surface area (TPSA) is 59.4 Å². The summed E-state index contributed by atoms with van der Waals surface area (Å²) >= 11 is 0.859. The SMILES string of the molecule is CCOc1ccc(F)c(-c2nc(C(=O)O)cs2)c1F. The minimum Gasteiger partial charge on any atom is -0.491 e. The molecule has 0 aliphatic carbocycles. The maximum Gasteiger partial charge on any atom is 0.355 e. The predicted molar refractivity (Wildman–Crippen MR) is 65.6 cm³/mol.